The third-order valence-electron chi connectivity index (χ3n) is 3.48. The number of hydrogen-bond acceptors (Lipinski definition) is 3. The molecule has 2 aromatic rings. The molecule has 2 N–H and O–H groups in total. The molecular formula is C16H15Cl2NO2. The van der Waals surface area contributed by atoms with Crippen LogP contribution in [0.25, 0.3) is 0 Å². The first-order valence-corrected chi connectivity index (χ1v) is 7.47. The Balaban J connectivity index is 1.70. The minimum atomic E-state index is -0.211. The van der Waals surface area contributed by atoms with Crippen molar-refractivity contribution in [3.8, 4) is 11.5 Å². The summed E-state index contributed by atoms with van der Waals surface area (Å²) >= 11 is 12.1. The number of nitrogens with two attached hydrogens (primary N) is 1. The highest BCUT2D eigenvalue weighted by Crippen LogP contribution is 2.32. The van der Waals surface area contributed by atoms with Crippen LogP contribution in [0.2, 0.25) is 10.0 Å². The molecule has 1 aliphatic rings. The largest absolute Gasteiger partial charge is 0.486 e. The lowest BCUT2D eigenvalue weighted by Gasteiger charge is -2.30. The fourth-order valence-electron chi connectivity index (χ4n) is 2.32. The summed E-state index contributed by atoms with van der Waals surface area (Å²) in [7, 11) is 0. The van der Waals surface area contributed by atoms with Crippen LogP contribution < -0.4 is 15.2 Å². The van der Waals surface area contributed by atoms with Crippen LogP contribution >= 0.6 is 23.2 Å². The number of ether oxygens (including phenoxy) is 2. The SMILES string of the molecule is NC(Cc1ccc(Cl)cc1Cl)C1COc2ccccc2O1. The molecule has 3 rings (SSSR count). The summed E-state index contributed by atoms with van der Waals surface area (Å²) in [5, 5.41) is 1.23. The van der Waals surface area contributed by atoms with E-state index in [-0.39, 0.29) is 12.1 Å². The minimum Gasteiger partial charge on any atom is -0.486 e. The van der Waals surface area contributed by atoms with E-state index < -0.39 is 0 Å². The molecule has 5 heteroatoms. The van der Waals surface area contributed by atoms with Gasteiger partial charge in [0.25, 0.3) is 0 Å². The fourth-order valence-corrected chi connectivity index (χ4v) is 2.81. The molecule has 0 bridgehead atoms. The Morgan fingerprint density at radius 2 is 1.90 bits per heavy atom. The Morgan fingerprint density at radius 3 is 2.67 bits per heavy atom. The van der Waals surface area contributed by atoms with E-state index in [0.29, 0.717) is 23.1 Å². The maximum atomic E-state index is 6.25. The second-order valence-corrected chi connectivity index (χ2v) is 5.86. The van der Waals surface area contributed by atoms with Crippen molar-refractivity contribution in [3.63, 3.8) is 0 Å². The third-order valence-corrected chi connectivity index (χ3v) is 4.07. The van der Waals surface area contributed by atoms with Crippen LogP contribution in [0.4, 0.5) is 0 Å². The van der Waals surface area contributed by atoms with Crippen LogP contribution in [0.1, 0.15) is 5.56 Å². The molecule has 0 spiro atoms. The third kappa shape index (κ3) is 3.26. The van der Waals surface area contributed by atoms with Gasteiger partial charge in [0.05, 0.1) is 0 Å². The van der Waals surface area contributed by atoms with Crippen molar-refractivity contribution >= 4 is 23.2 Å². The Morgan fingerprint density at radius 1 is 1.14 bits per heavy atom. The molecule has 110 valence electrons. The van der Waals surface area contributed by atoms with Gasteiger partial charge in [-0.3, -0.25) is 0 Å². The molecule has 0 aromatic heterocycles. The zero-order valence-corrected chi connectivity index (χ0v) is 12.8. The normalized spacial score (nSPS) is 18.3. The fraction of sp³-hybridized carbons (Fsp3) is 0.250. The lowest BCUT2D eigenvalue weighted by atomic mass is 10.0. The van der Waals surface area contributed by atoms with Crippen LogP contribution in [0, 0.1) is 0 Å². The van der Waals surface area contributed by atoms with E-state index in [9.17, 15) is 0 Å². The summed E-state index contributed by atoms with van der Waals surface area (Å²) in [6, 6.07) is 12.8. The minimum absolute atomic E-state index is 0.202. The molecule has 2 atom stereocenters. The van der Waals surface area contributed by atoms with Crippen LogP contribution in [0.15, 0.2) is 42.5 Å². The molecule has 1 aliphatic heterocycles. The Hall–Kier alpha value is -1.42. The molecule has 2 unspecified atom stereocenters. The first-order chi connectivity index (χ1) is 10.1. The van der Waals surface area contributed by atoms with Crippen LogP contribution in [0.5, 0.6) is 11.5 Å². The van der Waals surface area contributed by atoms with Crippen molar-refractivity contribution in [1.82, 2.24) is 0 Å². The van der Waals surface area contributed by atoms with Crippen LogP contribution in [-0.4, -0.2) is 18.8 Å². The highest BCUT2D eigenvalue weighted by atomic mass is 35.5. The van der Waals surface area contributed by atoms with Crippen molar-refractivity contribution in [2.24, 2.45) is 5.73 Å². The molecular weight excluding hydrogens is 309 g/mol. The molecule has 3 nitrogen and oxygen atoms in total. The first kappa shape index (κ1) is 14.5. The highest BCUT2D eigenvalue weighted by Gasteiger charge is 2.26. The van der Waals surface area contributed by atoms with E-state index in [4.69, 9.17) is 38.4 Å². The first-order valence-electron chi connectivity index (χ1n) is 6.71. The molecule has 0 aliphatic carbocycles. The summed E-state index contributed by atoms with van der Waals surface area (Å²) in [5.41, 5.74) is 7.20. The van der Waals surface area contributed by atoms with Gasteiger partial charge in [-0.05, 0) is 36.2 Å². The van der Waals surface area contributed by atoms with Crippen molar-refractivity contribution in [2.75, 3.05) is 6.61 Å². The standard InChI is InChI=1S/C16H15Cl2NO2/c17-11-6-5-10(12(18)8-11)7-13(19)16-9-20-14-3-1-2-4-15(14)21-16/h1-6,8,13,16H,7,9,19H2. The van der Waals surface area contributed by atoms with E-state index in [0.717, 1.165) is 17.1 Å². The maximum absolute atomic E-state index is 6.25. The van der Waals surface area contributed by atoms with Crippen molar-refractivity contribution in [1.29, 1.82) is 0 Å². The summed E-state index contributed by atoms with van der Waals surface area (Å²) < 4.78 is 11.6. The second kappa shape index (κ2) is 6.14. The molecule has 0 fully saturated rings. The zero-order valence-electron chi connectivity index (χ0n) is 11.3. The predicted octanol–water partition coefficient (Wildman–Crippen LogP) is 3.70. The topological polar surface area (TPSA) is 44.5 Å². The quantitative estimate of drug-likeness (QED) is 0.936. The average molecular weight is 324 g/mol. The maximum Gasteiger partial charge on any atom is 0.161 e. The van der Waals surface area contributed by atoms with E-state index in [1.54, 1.807) is 6.07 Å². The Bertz CT molecular complexity index is 648. The highest BCUT2D eigenvalue weighted by molar-refractivity contribution is 6.35. The van der Waals surface area contributed by atoms with Gasteiger partial charge >= 0.3 is 0 Å². The molecule has 1 heterocycles. The van der Waals surface area contributed by atoms with E-state index in [1.807, 2.05) is 36.4 Å². The van der Waals surface area contributed by atoms with E-state index >= 15 is 0 Å². The van der Waals surface area contributed by atoms with Gasteiger partial charge in [-0.15, -0.1) is 0 Å². The average Bonchev–Trinajstić information content (AvgIpc) is 2.49. The zero-order chi connectivity index (χ0) is 14.8. The summed E-state index contributed by atoms with van der Waals surface area (Å²) in [6.07, 6.45) is 0.401. The van der Waals surface area contributed by atoms with Gasteiger partial charge in [-0.2, -0.15) is 0 Å². The smallest absolute Gasteiger partial charge is 0.161 e. The number of para-hydroxylation sites is 2. The summed E-state index contributed by atoms with van der Waals surface area (Å²) in [5.74, 6) is 1.48. The van der Waals surface area contributed by atoms with Gasteiger partial charge in [0.1, 0.15) is 12.7 Å². The van der Waals surface area contributed by atoms with Crippen molar-refractivity contribution in [3.05, 3.63) is 58.1 Å². The van der Waals surface area contributed by atoms with E-state index in [1.165, 1.54) is 0 Å². The lowest BCUT2D eigenvalue weighted by Crippen LogP contribution is -2.46. The predicted molar refractivity (Wildman–Crippen MR) is 84.5 cm³/mol. The van der Waals surface area contributed by atoms with Crippen LogP contribution in [0.3, 0.4) is 0 Å². The van der Waals surface area contributed by atoms with Crippen LogP contribution in [-0.2, 0) is 6.42 Å². The number of rotatable bonds is 3. The van der Waals surface area contributed by atoms with Gasteiger partial charge in [0, 0.05) is 16.1 Å². The van der Waals surface area contributed by atoms with Crippen molar-refractivity contribution < 1.29 is 9.47 Å². The molecule has 0 saturated heterocycles. The summed E-state index contributed by atoms with van der Waals surface area (Å²) in [4.78, 5) is 0. The second-order valence-electron chi connectivity index (χ2n) is 5.02. The van der Waals surface area contributed by atoms with Gasteiger partial charge < -0.3 is 15.2 Å². The van der Waals surface area contributed by atoms with E-state index in [2.05, 4.69) is 0 Å². The Labute approximate surface area is 133 Å². The van der Waals surface area contributed by atoms with Gasteiger partial charge in [0.15, 0.2) is 11.5 Å². The van der Waals surface area contributed by atoms with Gasteiger partial charge in [0.2, 0.25) is 0 Å². The van der Waals surface area contributed by atoms with Gasteiger partial charge in [-0.1, -0.05) is 41.4 Å². The molecule has 2 aromatic carbocycles. The number of fused-ring (bicyclic) bond motifs is 1. The number of halogens is 2. The number of benzene rings is 2. The molecule has 0 radical (unpaired) electrons. The van der Waals surface area contributed by atoms with Gasteiger partial charge in [-0.25, -0.2) is 0 Å². The monoisotopic (exact) mass is 323 g/mol. The molecule has 0 saturated carbocycles. The molecule has 21 heavy (non-hydrogen) atoms. The Kier molecular flexibility index (Phi) is 4.24. The van der Waals surface area contributed by atoms with Crippen molar-refractivity contribution in [2.45, 2.75) is 18.6 Å². The lowest BCUT2D eigenvalue weighted by molar-refractivity contribution is 0.0723. The molecule has 0 amide bonds. The summed E-state index contributed by atoms with van der Waals surface area (Å²) in [6.45, 7) is 0.434. The number of hydrogen-bond donors (Lipinski definition) is 1.